The summed E-state index contributed by atoms with van der Waals surface area (Å²) in [7, 11) is 0. The lowest BCUT2D eigenvalue weighted by Gasteiger charge is -2.30. The summed E-state index contributed by atoms with van der Waals surface area (Å²) in [6.45, 7) is 9.40. The van der Waals surface area contributed by atoms with Crippen LogP contribution in [0.25, 0.3) is 0 Å². The average molecular weight is 293 g/mol. The minimum atomic E-state index is 0.156. The molecule has 0 spiro atoms. The van der Waals surface area contributed by atoms with E-state index < -0.39 is 0 Å². The fraction of sp³-hybridized carbons (Fsp3) is 0.600. The molecule has 1 atom stereocenters. The third-order valence-corrected chi connectivity index (χ3v) is 3.91. The Labute approximate surface area is 126 Å². The normalized spacial score (nSPS) is 17.7. The lowest BCUT2D eigenvalue weighted by molar-refractivity contribution is 0.0372. The van der Waals surface area contributed by atoms with E-state index in [9.17, 15) is 0 Å². The first kappa shape index (κ1) is 15.4. The molecule has 0 aliphatic carbocycles. The van der Waals surface area contributed by atoms with E-state index in [-0.39, 0.29) is 5.92 Å². The Bertz CT molecular complexity index is 446. The van der Waals surface area contributed by atoms with Gasteiger partial charge in [-0.15, -0.1) is 0 Å². The highest BCUT2D eigenvalue weighted by Crippen LogP contribution is 2.18. The van der Waals surface area contributed by atoms with Crippen LogP contribution in [-0.2, 0) is 4.74 Å². The Morgan fingerprint density at radius 3 is 2.85 bits per heavy atom. The predicted molar refractivity (Wildman–Crippen MR) is 85.2 cm³/mol. The molecule has 5 heteroatoms. The Balaban J connectivity index is 2.13. The average Bonchev–Trinajstić information content (AvgIpc) is 2.46. The number of aromatic nitrogens is 1. The van der Waals surface area contributed by atoms with Crippen molar-refractivity contribution >= 4 is 17.2 Å². The maximum absolute atomic E-state index is 5.56. The van der Waals surface area contributed by atoms with Crippen LogP contribution in [0.2, 0.25) is 0 Å². The summed E-state index contributed by atoms with van der Waals surface area (Å²) >= 11 is 5.56. The van der Waals surface area contributed by atoms with E-state index in [0.29, 0.717) is 0 Å². The van der Waals surface area contributed by atoms with Gasteiger partial charge in [0.1, 0.15) is 0 Å². The molecule has 4 nitrogen and oxygen atoms in total. The Morgan fingerprint density at radius 1 is 1.45 bits per heavy atom. The van der Waals surface area contributed by atoms with Gasteiger partial charge in [-0.3, -0.25) is 9.88 Å². The van der Waals surface area contributed by atoms with Gasteiger partial charge in [-0.05, 0) is 26.0 Å². The number of hydrogen-bond donors (Lipinski definition) is 1. The van der Waals surface area contributed by atoms with Crippen LogP contribution in [0.1, 0.15) is 24.2 Å². The third-order valence-electron chi connectivity index (χ3n) is 3.48. The van der Waals surface area contributed by atoms with E-state index in [4.69, 9.17) is 17.0 Å². The van der Waals surface area contributed by atoms with Crippen molar-refractivity contribution in [2.24, 2.45) is 0 Å². The van der Waals surface area contributed by atoms with Gasteiger partial charge in [0.2, 0.25) is 0 Å². The van der Waals surface area contributed by atoms with E-state index in [0.717, 1.165) is 55.8 Å². The van der Waals surface area contributed by atoms with Crippen molar-refractivity contribution in [1.29, 1.82) is 0 Å². The highest BCUT2D eigenvalue weighted by atomic mass is 32.1. The summed E-state index contributed by atoms with van der Waals surface area (Å²) in [5.74, 6) is 0.156. The number of ether oxygens (including phenoxy) is 1. The van der Waals surface area contributed by atoms with Crippen LogP contribution in [-0.4, -0.2) is 54.3 Å². The summed E-state index contributed by atoms with van der Waals surface area (Å²) in [5.41, 5.74) is 2.09. The number of pyridine rings is 1. The monoisotopic (exact) mass is 293 g/mol. The van der Waals surface area contributed by atoms with Crippen LogP contribution in [0.5, 0.6) is 0 Å². The number of aryl methyl sites for hydroxylation is 1. The highest BCUT2D eigenvalue weighted by molar-refractivity contribution is 7.80. The van der Waals surface area contributed by atoms with Gasteiger partial charge in [-0.1, -0.05) is 18.3 Å². The molecule has 2 rings (SSSR count). The molecule has 2 heterocycles. The topological polar surface area (TPSA) is 37.4 Å². The van der Waals surface area contributed by atoms with E-state index in [1.807, 2.05) is 13.0 Å². The standard InChI is InChI=1S/C15H23N3OS/c1-3-16-15(20)13(11-18-7-9-19-10-8-18)14-6-4-5-12(2)17-14/h4-6,13H,3,7-11H2,1-2H3,(H,16,20). The predicted octanol–water partition coefficient (Wildman–Crippen LogP) is 1.74. The second-order valence-corrected chi connectivity index (χ2v) is 5.50. The van der Waals surface area contributed by atoms with E-state index in [1.165, 1.54) is 0 Å². The van der Waals surface area contributed by atoms with Crippen LogP contribution in [0, 0.1) is 6.92 Å². The third kappa shape index (κ3) is 4.23. The van der Waals surface area contributed by atoms with Crippen molar-refractivity contribution in [3.63, 3.8) is 0 Å². The zero-order valence-corrected chi connectivity index (χ0v) is 13.1. The summed E-state index contributed by atoms with van der Waals surface area (Å²) in [5, 5.41) is 3.29. The first-order chi connectivity index (χ1) is 9.70. The zero-order chi connectivity index (χ0) is 14.4. The number of likely N-dealkylation sites (N-methyl/N-ethyl adjacent to an activating group) is 1. The molecule has 1 unspecified atom stereocenters. The molecule has 1 fully saturated rings. The number of thiocarbonyl (C=S) groups is 1. The molecule has 0 bridgehead atoms. The maximum atomic E-state index is 5.56. The Kier molecular flexibility index (Phi) is 5.88. The molecule has 0 amide bonds. The Morgan fingerprint density at radius 2 is 2.20 bits per heavy atom. The minimum Gasteiger partial charge on any atom is -0.379 e. The van der Waals surface area contributed by atoms with Gasteiger partial charge in [0.25, 0.3) is 0 Å². The molecule has 1 saturated heterocycles. The number of nitrogens with zero attached hydrogens (tertiary/aromatic N) is 2. The second-order valence-electron chi connectivity index (χ2n) is 5.06. The van der Waals surface area contributed by atoms with Crippen molar-refractivity contribution in [1.82, 2.24) is 15.2 Å². The Hall–Kier alpha value is -1.04. The summed E-state index contributed by atoms with van der Waals surface area (Å²) in [6, 6.07) is 6.14. The largest absolute Gasteiger partial charge is 0.379 e. The molecule has 1 N–H and O–H groups in total. The summed E-state index contributed by atoms with van der Waals surface area (Å²) in [6.07, 6.45) is 0. The smallest absolute Gasteiger partial charge is 0.0858 e. The molecule has 0 radical (unpaired) electrons. The highest BCUT2D eigenvalue weighted by Gasteiger charge is 2.22. The van der Waals surface area contributed by atoms with Crippen LogP contribution in [0.4, 0.5) is 0 Å². The molecule has 110 valence electrons. The van der Waals surface area contributed by atoms with E-state index in [1.54, 1.807) is 0 Å². The van der Waals surface area contributed by atoms with E-state index >= 15 is 0 Å². The minimum absolute atomic E-state index is 0.156. The van der Waals surface area contributed by atoms with Crippen molar-refractivity contribution in [3.05, 3.63) is 29.6 Å². The van der Waals surface area contributed by atoms with Crippen LogP contribution in [0.3, 0.4) is 0 Å². The molecule has 20 heavy (non-hydrogen) atoms. The summed E-state index contributed by atoms with van der Waals surface area (Å²) < 4.78 is 5.41. The fourth-order valence-electron chi connectivity index (χ4n) is 2.41. The molecular weight excluding hydrogens is 270 g/mol. The summed E-state index contributed by atoms with van der Waals surface area (Å²) in [4.78, 5) is 7.95. The lowest BCUT2D eigenvalue weighted by Crippen LogP contribution is -2.42. The lowest BCUT2D eigenvalue weighted by atomic mass is 10.0. The first-order valence-corrected chi connectivity index (χ1v) is 7.63. The SMILES string of the molecule is CCNC(=S)C(CN1CCOCC1)c1cccc(C)n1. The van der Waals surface area contributed by atoms with Gasteiger partial charge in [0, 0.05) is 31.9 Å². The van der Waals surface area contributed by atoms with Gasteiger partial charge >= 0.3 is 0 Å². The molecule has 1 aromatic rings. The molecule has 1 aromatic heterocycles. The van der Waals surface area contributed by atoms with Crippen LogP contribution in [0.15, 0.2) is 18.2 Å². The number of nitrogens with one attached hydrogen (secondary N) is 1. The van der Waals surface area contributed by atoms with Crippen molar-refractivity contribution in [2.45, 2.75) is 19.8 Å². The maximum Gasteiger partial charge on any atom is 0.0858 e. The van der Waals surface area contributed by atoms with Crippen molar-refractivity contribution in [2.75, 3.05) is 39.4 Å². The van der Waals surface area contributed by atoms with Crippen LogP contribution >= 0.6 is 12.2 Å². The molecule has 1 aliphatic heterocycles. The number of hydrogen-bond acceptors (Lipinski definition) is 4. The van der Waals surface area contributed by atoms with Gasteiger partial charge in [-0.2, -0.15) is 0 Å². The molecule has 1 aliphatic rings. The van der Waals surface area contributed by atoms with Crippen molar-refractivity contribution < 1.29 is 4.74 Å². The second kappa shape index (κ2) is 7.67. The zero-order valence-electron chi connectivity index (χ0n) is 12.3. The van der Waals surface area contributed by atoms with Gasteiger partial charge in [0.15, 0.2) is 0 Å². The molecule has 0 aromatic carbocycles. The van der Waals surface area contributed by atoms with Gasteiger partial charge in [0.05, 0.1) is 29.8 Å². The van der Waals surface area contributed by atoms with Crippen LogP contribution < -0.4 is 5.32 Å². The fourth-order valence-corrected chi connectivity index (χ4v) is 2.75. The van der Waals surface area contributed by atoms with Crippen molar-refractivity contribution in [3.8, 4) is 0 Å². The number of morpholine rings is 1. The number of rotatable bonds is 5. The molecular formula is C15H23N3OS. The first-order valence-electron chi connectivity index (χ1n) is 7.22. The van der Waals surface area contributed by atoms with Gasteiger partial charge < -0.3 is 10.1 Å². The van der Waals surface area contributed by atoms with Gasteiger partial charge in [-0.25, -0.2) is 0 Å². The van der Waals surface area contributed by atoms with E-state index in [2.05, 4.69) is 34.3 Å². The quantitative estimate of drug-likeness (QED) is 0.837. The molecule has 0 saturated carbocycles.